The summed E-state index contributed by atoms with van der Waals surface area (Å²) in [6.45, 7) is 2.90. The number of nitrogens with zero attached hydrogens (tertiary/aromatic N) is 1. The van der Waals surface area contributed by atoms with Gasteiger partial charge in [-0.25, -0.2) is 4.79 Å². The smallest absolute Gasteiger partial charge is 0.410 e. The summed E-state index contributed by atoms with van der Waals surface area (Å²) in [5, 5.41) is 3.36. The van der Waals surface area contributed by atoms with Crippen LogP contribution < -0.4 is 5.32 Å². The predicted octanol–water partition coefficient (Wildman–Crippen LogP) is 4.38. The fourth-order valence-electron chi connectivity index (χ4n) is 3.24. The zero-order valence-corrected chi connectivity index (χ0v) is 16.5. The second kappa shape index (κ2) is 9.74. The summed E-state index contributed by atoms with van der Waals surface area (Å²) >= 11 is 3.46. The van der Waals surface area contributed by atoms with Crippen molar-refractivity contribution in [2.24, 2.45) is 0 Å². The first-order chi connectivity index (χ1) is 12.7. The number of ether oxygens (including phenoxy) is 1. The van der Waals surface area contributed by atoms with Gasteiger partial charge in [0.1, 0.15) is 6.61 Å². The molecule has 1 aliphatic rings. The topological polar surface area (TPSA) is 41.6 Å². The molecule has 0 spiro atoms. The van der Waals surface area contributed by atoms with Gasteiger partial charge in [-0.3, -0.25) is 0 Å². The Hall–Kier alpha value is -1.85. The van der Waals surface area contributed by atoms with Gasteiger partial charge >= 0.3 is 6.09 Å². The Balaban J connectivity index is 1.61. The third-order valence-corrected chi connectivity index (χ3v) is 5.27. The van der Waals surface area contributed by atoms with Crippen LogP contribution >= 0.6 is 15.9 Å². The van der Waals surface area contributed by atoms with E-state index in [1.807, 2.05) is 47.4 Å². The van der Waals surface area contributed by atoms with Crippen LogP contribution in [0.1, 0.15) is 24.0 Å². The van der Waals surface area contributed by atoms with E-state index in [-0.39, 0.29) is 12.1 Å². The lowest BCUT2D eigenvalue weighted by Crippen LogP contribution is -2.47. The van der Waals surface area contributed by atoms with Gasteiger partial charge in [0.05, 0.1) is 0 Å². The molecule has 2 aromatic rings. The molecule has 0 aromatic heterocycles. The van der Waals surface area contributed by atoms with Gasteiger partial charge in [-0.2, -0.15) is 0 Å². The summed E-state index contributed by atoms with van der Waals surface area (Å²) in [4.78, 5) is 14.7. The molecule has 1 saturated heterocycles. The number of rotatable bonds is 6. The minimum absolute atomic E-state index is 0.210. The van der Waals surface area contributed by atoms with Crippen LogP contribution in [0.2, 0.25) is 0 Å². The van der Waals surface area contributed by atoms with E-state index in [0.717, 1.165) is 42.4 Å². The maximum Gasteiger partial charge on any atom is 0.410 e. The lowest BCUT2D eigenvalue weighted by molar-refractivity contribution is 0.0739. The van der Waals surface area contributed by atoms with E-state index in [0.29, 0.717) is 13.2 Å². The van der Waals surface area contributed by atoms with Crippen LogP contribution in [0.3, 0.4) is 0 Å². The summed E-state index contributed by atoms with van der Waals surface area (Å²) in [5.41, 5.74) is 2.24. The zero-order chi connectivity index (χ0) is 18.2. The van der Waals surface area contributed by atoms with Crippen LogP contribution in [0.4, 0.5) is 4.79 Å². The molecule has 3 rings (SSSR count). The molecule has 5 heteroatoms. The van der Waals surface area contributed by atoms with Gasteiger partial charge in [-0.1, -0.05) is 58.4 Å². The van der Waals surface area contributed by atoms with Gasteiger partial charge in [0.15, 0.2) is 0 Å². The minimum atomic E-state index is -0.210. The van der Waals surface area contributed by atoms with Crippen LogP contribution in [0.25, 0.3) is 0 Å². The van der Waals surface area contributed by atoms with Crippen molar-refractivity contribution < 1.29 is 9.53 Å². The highest BCUT2D eigenvalue weighted by molar-refractivity contribution is 9.10. The van der Waals surface area contributed by atoms with Crippen molar-refractivity contribution in [2.75, 3.05) is 19.6 Å². The second-order valence-electron chi connectivity index (χ2n) is 6.59. The van der Waals surface area contributed by atoms with E-state index in [9.17, 15) is 4.79 Å². The standard InChI is InChI=1S/C21H25BrN2O2/c22-19-8-6-17(7-9-19)12-15-24(20-10-13-23-14-11-20)21(25)26-16-18-4-2-1-3-5-18/h1-9,20,23H,10-16H2. The zero-order valence-electron chi connectivity index (χ0n) is 14.9. The van der Waals surface area contributed by atoms with Crippen LogP contribution in [0.5, 0.6) is 0 Å². The van der Waals surface area contributed by atoms with Crippen molar-refractivity contribution in [3.05, 3.63) is 70.2 Å². The average Bonchev–Trinajstić information content (AvgIpc) is 2.69. The highest BCUT2D eigenvalue weighted by Crippen LogP contribution is 2.17. The lowest BCUT2D eigenvalue weighted by Gasteiger charge is -2.34. The van der Waals surface area contributed by atoms with Gasteiger partial charge < -0.3 is 15.0 Å². The van der Waals surface area contributed by atoms with Gasteiger partial charge in [0.2, 0.25) is 0 Å². The van der Waals surface area contributed by atoms with Gasteiger partial charge in [-0.05, 0) is 55.6 Å². The van der Waals surface area contributed by atoms with Gasteiger partial charge in [-0.15, -0.1) is 0 Å². The highest BCUT2D eigenvalue weighted by atomic mass is 79.9. The first-order valence-corrected chi connectivity index (χ1v) is 9.94. The first-order valence-electron chi connectivity index (χ1n) is 9.15. The molecule has 0 atom stereocenters. The Bertz CT molecular complexity index is 685. The fraction of sp³-hybridized carbons (Fsp3) is 0.381. The molecule has 0 saturated carbocycles. The fourth-order valence-corrected chi connectivity index (χ4v) is 3.51. The minimum Gasteiger partial charge on any atom is -0.445 e. The molecule has 138 valence electrons. The number of piperidine rings is 1. The maximum absolute atomic E-state index is 12.8. The molecule has 0 radical (unpaired) electrons. The summed E-state index contributed by atoms with van der Waals surface area (Å²) in [6.07, 6.45) is 2.57. The third-order valence-electron chi connectivity index (χ3n) is 4.74. The molecule has 1 aliphatic heterocycles. The van der Waals surface area contributed by atoms with Crippen molar-refractivity contribution in [2.45, 2.75) is 31.9 Å². The van der Waals surface area contributed by atoms with E-state index in [1.54, 1.807) is 0 Å². The van der Waals surface area contributed by atoms with Crippen molar-refractivity contribution >= 4 is 22.0 Å². The van der Waals surface area contributed by atoms with E-state index in [1.165, 1.54) is 5.56 Å². The van der Waals surface area contributed by atoms with Gasteiger partial charge in [0, 0.05) is 17.1 Å². The Labute approximate surface area is 163 Å². The van der Waals surface area contributed by atoms with Crippen LogP contribution in [-0.2, 0) is 17.8 Å². The lowest BCUT2D eigenvalue weighted by atomic mass is 10.0. The predicted molar refractivity (Wildman–Crippen MR) is 107 cm³/mol. The summed E-state index contributed by atoms with van der Waals surface area (Å²) < 4.78 is 6.68. The Morgan fingerprint density at radius 3 is 2.42 bits per heavy atom. The average molecular weight is 417 g/mol. The Morgan fingerprint density at radius 1 is 1.04 bits per heavy atom. The number of hydrogen-bond acceptors (Lipinski definition) is 3. The SMILES string of the molecule is O=C(OCc1ccccc1)N(CCc1ccc(Br)cc1)C1CCNCC1. The summed E-state index contributed by atoms with van der Waals surface area (Å²) in [7, 11) is 0. The maximum atomic E-state index is 12.8. The summed E-state index contributed by atoms with van der Waals surface area (Å²) in [6, 6.07) is 18.4. The van der Waals surface area contributed by atoms with Crippen LogP contribution in [-0.4, -0.2) is 36.7 Å². The second-order valence-corrected chi connectivity index (χ2v) is 7.51. The molecule has 1 N–H and O–H groups in total. The number of halogens is 1. The molecule has 1 heterocycles. The molecule has 26 heavy (non-hydrogen) atoms. The molecule has 0 unspecified atom stereocenters. The van der Waals surface area contributed by atoms with Crippen molar-refractivity contribution in [3.63, 3.8) is 0 Å². The quantitative estimate of drug-likeness (QED) is 0.759. The molecule has 1 amide bonds. The Morgan fingerprint density at radius 2 is 1.73 bits per heavy atom. The number of carbonyl (C=O) groups excluding carboxylic acids is 1. The number of amides is 1. The van der Waals surface area contributed by atoms with Crippen LogP contribution in [0.15, 0.2) is 59.1 Å². The Kier molecular flexibility index (Phi) is 7.09. The molecule has 4 nitrogen and oxygen atoms in total. The first kappa shape index (κ1) is 18.9. The molecule has 0 bridgehead atoms. The largest absolute Gasteiger partial charge is 0.445 e. The van der Waals surface area contributed by atoms with E-state index < -0.39 is 0 Å². The van der Waals surface area contributed by atoms with Gasteiger partial charge in [0.25, 0.3) is 0 Å². The molecular formula is C21H25BrN2O2. The number of hydrogen-bond donors (Lipinski definition) is 1. The van der Waals surface area contributed by atoms with E-state index >= 15 is 0 Å². The van der Waals surface area contributed by atoms with Crippen LogP contribution in [0, 0.1) is 0 Å². The number of carbonyl (C=O) groups is 1. The number of nitrogens with one attached hydrogen (secondary N) is 1. The third kappa shape index (κ3) is 5.58. The van der Waals surface area contributed by atoms with E-state index in [4.69, 9.17) is 4.74 Å². The molecular weight excluding hydrogens is 392 g/mol. The normalized spacial score (nSPS) is 14.8. The number of benzene rings is 2. The molecule has 0 aliphatic carbocycles. The van der Waals surface area contributed by atoms with Crippen molar-refractivity contribution in [3.8, 4) is 0 Å². The molecule has 1 fully saturated rings. The molecule has 2 aromatic carbocycles. The van der Waals surface area contributed by atoms with Crippen molar-refractivity contribution in [1.29, 1.82) is 0 Å². The monoisotopic (exact) mass is 416 g/mol. The summed E-state index contributed by atoms with van der Waals surface area (Å²) in [5.74, 6) is 0. The van der Waals surface area contributed by atoms with E-state index in [2.05, 4.69) is 33.4 Å². The van der Waals surface area contributed by atoms with Crippen molar-refractivity contribution in [1.82, 2.24) is 10.2 Å². The highest BCUT2D eigenvalue weighted by Gasteiger charge is 2.26.